The Morgan fingerprint density at radius 2 is 2.00 bits per heavy atom. The van der Waals surface area contributed by atoms with Crippen LogP contribution in [0, 0.1) is 5.92 Å². The van der Waals surface area contributed by atoms with Crippen LogP contribution in [0.5, 0.6) is 0 Å². The van der Waals surface area contributed by atoms with Crippen LogP contribution in [0.2, 0.25) is 0 Å². The maximum atomic E-state index is 11.8. The molecule has 3 nitrogen and oxygen atoms in total. The Kier molecular flexibility index (Phi) is 3.89. The quantitative estimate of drug-likeness (QED) is 0.745. The van der Waals surface area contributed by atoms with E-state index in [4.69, 9.17) is 18.0 Å². The molecule has 1 fully saturated rings. The van der Waals surface area contributed by atoms with Gasteiger partial charge in [-0.2, -0.15) is 0 Å². The van der Waals surface area contributed by atoms with Crippen molar-refractivity contribution in [3.05, 3.63) is 0 Å². The molecule has 82 valence electrons. The largest absolute Gasteiger partial charge is 0.392 e. The second kappa shape index (κ2) is 4.57. The van der Waals surface area contributed by atoms with Crippen molar-refractivity contribution in [1.82, 2.24) is 0 Å². The minimum absolute atomic E-state index is 0.130. The lowest BCUT2D eigenvalue weighted by atomic mass is 10.0. The molecular formula is C9H17NO2S2. The van der Waals surface area contributed by atoms with Gasteiger partial charge in [0.05, 0.1) is 4.99 Å². The Morgan fingerprint density at radius 3 is 2.36 bits per heavy atom. The summed E-state index contributed by atoms with van der Waals surface area (Å²) in [7, 11) is -3.11. The van der Waals surface area contributed by atoms with Crippen LogP contribution in [0.15, 0.2) is 0 Å². The molecule has 14 heavy (non-hydrogen) atoms. The number of rotatable bonds is 4. The van der Waals surface area contributed by atoms with Crippen LogP contribution in [0.1, 0.15) is 32.6 Å². The van der Waals surface area contributed by atoms with E-state index in [2.05, 4.69) is 0 Å². The Hall–Kier alpha value is -0.160. The van der Waals surface area contributed by atoms with Crippen molar-refractivity contribution in [2.24, 2.45) is 11.7 Å². The van der Waals surface area contributed by atoms with E-state index in [1.54, 1.807) is 6.92 Å². The van der Waals surface area contributed by atoms with Crippen molar-refractivity contribution < 1.29 is 8.42 Å². The van der Waals surface area contributed by atoms with Gasteiger partial charge in [-0.15, -0.1) is 0 Å². The summed E-state index contributed by atoms with van der Waals surface area (Å²) in [5.41, 5.74) is 5.53. The first kappa shape index (κ1) is 11.9. The van der Waals surface area contributed by atoms with Crippen molar-refractivity contribution in [1.29, 1.82) is 0 Å². The molecule has 1 saturated carbocycles. The molecule has 0 radical (unpaired) electrons. The molecule has 0 aromatic carbocycles. The summed E-state index contributed by atoms with van der Waals surface area (Å²) in [5, 5.41) is -0.579. The van der Waals surface area contributed by atoms with E-state index in [-0.39, 0.29) is 16.7 Å². The summed E-state index contributed by atoms with van der Waals surface area (Å²) < 4.78 is 23.5. The first-order chi connectivity index (χ1) is 6.49. The lowest BCUT2D eigenvalue weighted by Gasteiger charge is -2.21. The van der Waals surface area contributed by atoms with Gasteiger partial charge in [-0.25, -0.2) is 8.42 Å². The third-order valence-electron chi connectivity index (χ3n) is 2.90. The van der Waals surface area contributed by atoms with Gasteiger partial charge in [0.25, 0.3) is 0 Å². The van der Waals surface area contributed by atoms with E-state index in [9.17, 15) is 8.42 Å². The molecule has 1 aliphatic carbocycles. The Morgan fingerprint density at radius 1 is 1.50 bits per heavy atom. The summed E-state index contributed by atoms with van der Waals surface area (Å²) in [6.07, 6.45) is 4.09. The highest BCUT2D eigenvalue weighted by Crippen LogP contribution is 2.31. The minimum Gasteiger partial charge on any atom is -0.392 e. The summed E-state index contributed by atoms with van der Waals surface area (Å²) in [6.45, 7) is 1.65. The Balaban J connectivity index is 2.89. The number of thiocarbonyl (C=S) groups is 1. The highest BCUT2D eigenvalue weighted by Gasteiger charge is 2.35. The van der Waals surface area contributed by atoms with E-state index < -0.39 is 15.1 Å². The summed E-state index contributed by atoms with van der Waals surface area (Å²) in [4.78, 5) is 0.152. The fourth-order valence-electron chi connectivity index (χ4n) is 2.14. The van der Waals surface area contributed by atoms with Gasteiger partial charge < -0.3 is 5.73 Å². The number of hydrogen-bond acceptors (Lipinski definition) is 3. The van der Waals surface area contributed by atoms with Crippen LogP contribution in [0.4, 0.5) is 0 Å². The Bertz CT molecular complexity index is 305. The highest BCUT2D eigenvalue weighted by molar-refractivity contribution is 7.94. The zero-order chi connectivity index (χ0) is 10.8. The lowest BCUT2D eigenvalue weighted by Crippen LogP contribution is -2.40. The van der Waals surface area contributed by atoms with Crippen LogP contribution in [-0.2, 0) is 9.84 Å². The second-order valence-corrected chi connectivity index (χ2v) is 6.70. The Labute approximate surface area is 91.0 Å². The van der Waals surface area contributed by atoms with E-state index in [1.807, 2.05) is 0 Å². The standard InChI is InChI=1S/C9H17NO2S2/c1-2-14(11,12)8(9(10)13)7-5-3-4-6-7/h7-8H,2-6H2,1H3,(H2,10,13)/t8-/m0/s1. The van der Waals surface area contributed by atoms with Crippen molar-refractivity contribution in [3.8, 4) is 0 Å². The number of hydrogen-bond donors (Lipinski definition) is 1. The topological polar surface area (TPSA) is 60.2 Å². The molecule has 1 atom stereocenters. The molecule has 5 heteroatoms. The third kappa shape index (κ3) is 2.45. The molecule has 0 heterocycles. The van der Waals surface area contributed by atoms with E-state index in [1.165, 1.54) is 0 Å². The molecule has 0 bridgehead atoms. The van der Waals surface area contributed by atoms with Crippen molar-refractivity contribution >= 4 is 27.0 Å². The average Bonchev–Trinajstić information content (AvgIpc) is 2.56. The molecule has 2 N–H and O–H groups in total. The SMILES string of the molecule is CCS(=O)(=O)[C@H](C(N)=S)C1CCCC1. The minimum atomic E-state index is -3.11. The van der Waals surface area contributed by atoms with Gasteiger partial charge in [0.15, 0.2) is 9.84 Å². The van der Waals surface area contributed by atoms with Gasteiger partial charge in [-0.3, -0.25) is 0 Å². The average molecular weight is 235 g/mol. The maximum absolute atomic E-state index is 11.8. The van der Waals surface area contributed by atoms with Gasteiger partial charge >= 0.3 is 0 Å². The molecule has 0 spiro atoms. The van der Waals surface area contributed by atoms with Gasteiger partial charge in [0.1, 0.15) is 5.25 Å². The monoisotopic (exact) mass is 235 g/mol. The van der Waals surface area contributed by atoms with Gasteiger partial charge in [0, 0.05) is 5.75 Å². The molecule has 0 saturated heterocycles. The molecule has 0 aromatic rings. The van der Waals surface area contributed by atoms with Gasteiger partial charge in [-0.1, -0.05) is 32.0 Å². The van der Waals surface area contributed by atoms with Crippen LogP contribution >= 0.6 is 12.2 Å². The molecule has 0 aliphatic heterocycles. The third-order valence-corrected chi connectivity index (χ3v) is 5.52. The van der Waals surface area contributed by atoms with Gasteiger partial charge in [-0.05, 0) is 18.8 Å². The fourth-order valence-corrected chi connectivity index (χ4v) is 4.35. The second-order valence-electron chi connectivity index (χ2n) is 3.82. The first-order valence-corrected chi connectivity index (χ1v) is 7.12. The maximum Gasteiger partial charge on any atom is 0.159 e. The normalized spacial score (nSPS) is 20.9. The molecule has 1 aliphatic rings. The number of nitrogens with two attached hydrogens (primary N) is 1. The van der Waals surface area contributed by atoms with Crippen molar-refractivity contribution in [3.63, 3.8) is 0 Å². The molecule has 0 aromatic heterocycles. The summed E-state index contributed by atoms with van der Waals surface area (Å²) in [5.74, 6) is 0.295. The first-order valence-electron chi connectivity index (χ1n) is 5.00. The van der Waals surface area contributed by atoms with Crippen LogP contribution in [0.25, 0.3) is 0 Å². The van der Waals surface area contributed by atoms with E-state index >= 15 is 0 Å². The molecule has 0 amide bonds. The van der Waals surface area contributed by atoms with Crippen LogP contribution < -0.4 is 5.73 Å². The van der Waals surface area contributed by atoms with Crippen LogP contribution in [-0.4, -0.2) is 24.4 Å². The van der Waals surface area contributed by atoms with Crippen molar-refractivity contribution in [2.75, 3.05) is 5.75 Å². The van der Waals surface area contributed by atoms with Crippen LogP contribution in [0.3, 0.4) is 0 Å². The van der Waals surface area contributed by atoms with Gasteiger partial charge in [0.2, 0.25) is 0 Å². The zero-order valence-electron chi connectivity index (χ0n) is 8.40. The lowest BCUT2D eigenvalue weighted by molar-refractivity contribution is 0.534. The van der Waals surface area contributed by atoms with E-state index in [0.717, 1.165) is 25.7 Å². The summed E-state index contributed by atoms with van der Waals surface area (Å²) >= 11 is 4.87. The number of sulfone groups is 1. The fraction of sp³-hybridized carbons (Fsp3) is 0.889. The zero-order valence-corrected chi connectivity index (χ0v) is 10.0. The predicted octanol–water partition coefficient (Wildman–Crippen LogP) is 1.27. The smallest absolute Gasteiger partial charge is 0.159 e. The summed E-state index contributed by atoms with van der Waals surface area (Å²) in [6, 6.07) is 0. The predicted molar refractivity (Wildman–Crippen MR) is 62.0 cm³/mol. The molecule has 0 unspecified atom stereocenters. The highest BCUT2D eigenvalue weighted by atomic mass is 32.2. The molecule has 1 rings (SSSR count). The molecular weight excluding hydrogens is 218 g/mol. The van der Waals surface area contributed by atoms with E-state index in [0.29, 0.717) is 0 Å². The van der Waals surface area contributed by atoms with Crippen molar-refractivity contribution in [2.45, 2.75) is 37.9 Å².